The van der Waals surface area contributed by atoms with Gasteiger partial charge in [-0.05, 0) is 47.9 Å². The molecule has 1 N–H and O–H groups in total. The van der Waals surface area contributed by atoms with Gasteiger partial charge >= 0.3 is 0 Å². The van der Waals surface area contributed by atoms with Crippen LogP contribution in [0.25, 0.3) is 0 Å². The van der Waals surface area contributed by atoms with Crippen LogP contribution in [0.2, 0.25) is 0 Å². The maximum absolute atomic E-state index is 11.8. The Hall–Kier alpha value is 0.190. The van der Waals surface area contributed by atoms with E-state index in [-0.39, 0.29) is 17.3 Å². The molecule has 2 rings (SSSR count). The van der Waals surface area contributed by atoms with Crippen molar-refractivity contribution in [2.45, 2.75) is 30.7 Å². The van der Waals surface area contributed by atoms with Gasteiger partial charge in [0.2, 0.25) is 0 Å². The van der Waals surface area contributed by atoms with E-state index in [0.717, 1.165) is 27.7 Å². The zero-order chi connectivity index (χ0) is 10.8. The lowest BCUT2D eigenvalue weighted by Crippen LogP contribution is -2.37. The van der Waals surface area contributed by atoms with Crippen molar-refractivity contribution in [3.05, 3.63) is 19.9 Å². The summed E-state index contributed by atoms with van der Waals surface area (Å²) in [5, 5.41) is 4.98. The number of hydrogen-bond acceptors (Lipinski definition) is 2. The highest BCUT2D eigenvalue weighted by atomic mass is 127. The molecule has 2 unspecified atom stereocenters. The number of rotatable bonds is 2. The third-order valence-corrected chi connectivity index (χ3v) is 4.89. The van der Waals surface area contributed by atoms with E-state index in [2.05, 4.69) is 27.9 Å². The van der Waals surface area contributed by atoms with Gasteiger partial charge in [-0.2, -0.15) is 0 Å². The van der Waals surface area contributed by atoms with E-state index in [9.17, 15) is 4.79 Å². The Labute approximate surface area is 112 Å². The second-order valence-corrected chi connectivity index (χ2v) is 7.03. The van der Waals surface area contributed by atoms with Gasteiger partial charge in [0.05, 0.1) is 13.8 Å². The lowest BCUT2D eigenvalue weighted by molar-refractivity contribution is 0.0939. The number of amides is 1. The van der Waals surface area contributed by atoms with Gasteiger partial charge in [0.15, 0.2) is 0 Å². The van der Waals surface area contributed by atoms with Crippen molar-refractivity contribution in [3.63, 3.8) is 0 Å². The number of halogens is 2. The summed E-state index contributed by atoms with van der Waals surface area (Å²) in [5.74, 6) is 0.00622. The molecule has 1 heterocycles. The molecule has 1 aromatic heterocycles. The summed E-state index contributed by atoms with van der Waals surface area (Å²) in [6, 6.07) is 2.05. The minimum atomic E-state index is 0.00622. The van der Waals surface area contributed by atoms with E-state index in [1.807, 2.05) is 11.4 Å². The highest BCUT2D eigenvalue weighted by Gasteiger charge is 2.27. The topological polar surface area (TPSA) is 29.1 Å². The quantitative estimate of drug-likeness (QED) is 0.640. The minimum absolute atomic E-state index is 0.00622. The highest BCUT2D eigenvalue weighted by Crippen LogP contribution is 2.24. The van der Waals surface area contributed by atoms with E-state index in [1.165, 1.54) is 0 Å². The highest BCUT2D eigenvalue weighted by molar-refractivity contribution is 14.1. The number of alkyl halides is 1. The number of nitrogens with one attached hydrogen (secondary N) is 1. The SMILES string of the molecule is O=C(NC1CCCC1Cl)c1csc(I)c1. The molecule has 1 fully saturated rings. The molecule has 0 aliphatic heterocycles. The van der Waals surface area contributed by atoms with Gasteiger partial charge in [-0.25, -0.2) is 0 Å². The monoisotopic (exact) mass is 355 g/mol. The van der Waals surface area contributed by atoms with Gasteiger partial charge in [0.1, 0.15) is 0 Å². The zero-order valence-corrected chi connectivity index (χ0v) is 11.7. The third-order valence-electron chi connectivity index (χ3n) is 2.58. The van der Waals surface area contributed by atoms with Gasteiger partial charge in [-0.15, -0.1) is 22.9 Å². The van der Waals surface area contributed by atoms with Crippen molar-refractivity contribution in [2.75, 3.05) is 0 Å². The lowest BCUT2D eigenvalue weighted by Gasteiger charge is -2.14. The number of carbonyl (C=O) groups is 1. The summed E-state index contributed by atoms with van der Waals surface area (Å²) < 4.78 is 1.13. The normalized spacial score (nSPS) is 25.5. The maximum atomic E-state index is 11.8. The molecule has 1 saturated carbocycles. The molecule has 5 heteroatoms. The molecule has 15 heavy (non-hydrogen) atoms. The first kappa shape index (κ1) is 11.7. The molecule has 0 spiro atoms. The second kappa shape index (κ2) is 5.01. The van der Waals surface area contributed by atoms with E-state index in [1.54, 1.807) is 11.3 Å². The van der Waals surface area contributed by atoms with Crippen LogP contribution in [-0.4, -0.2) is 17.3 Å². The van der Waals surface area contributed by atoms with Crippen LogP contribution in [0.1, 0.15) is 29.6 Å². The molecule has 0 aromatic carbocycles. The van der Waals surface area contributed by atoms with Gasteiger partial charge in [0.25, 0.3) is 5.91 Å². The van der Waals surface area contributed by atoms with Crippen LogP contribution < -0.4 is 5.32 Å². The molecule has 1 aliphatic carbocycles. The van der Waals surface area contributed by atoms with E-state index >= 15 is 0 Å². The van der Waals surface area contributed by atoms with Gasteiger partial charge < -0.3 is 5.32 Å². The van der Waals surface area contributed by atoms with Crippen molar-refractivity contribution in [2.24, 2.45) is 0 Å². The second-order valence-electron chi connectivity index (χ2n) is 3.67. The molecule has 0 saturated heterocycles. The molecular weight excluding hydrogens is 345 g/mol. The van der Waals surface area contributed by atoms with Crippen LogP contribution in [-0.2, 0) is 0 Å². The fourth-order valence-corrected chi connectivity index (χ4v) is 3.43. The van der Waals surface area contributed by atoms with Crippen LogP contribution in [0.5, 0.6) is 0 Å². The summed E-state index contributed by atoms with van der Waals surface area (Å²) in [6.45, 7) is 0. The van der Waals surface area contributed by atoms with Crippen molar-refractivity contribution in [1.29, 1.82) is 0 Å². The molecular formula is C10H11ClINOS. The van der Waals surface area contributed by atoms with E-state index in [4.69, 9.17) is 11.6 Å². The van der Waals surface area contributed by atoms with E-state index < -0.39 is 0 Å². The maximum Gasteiger partial charge on any atom is 0.252 e. The summed E-state index contributed by atoms with van der Waals surface area (Å²) in [6.07, 6.45) is 3.12. The Balaban J connectivity index is 1.97. The molecule has 1 aromatic rings. The first-order chi connectivity index (χ1) is 7.16. The smallest absolute Gasteiger partial charge is 0.252 e. The minimum Gasteiger partial charge on any atom is -0.348 e. The van der Waals surface area contributed by atoms with Gasteiger partial charge in [-0.3, -0.25) is 4.79 Å². The number of thiophene rings is 1. The zero-order valence-electron chi connectivity index (χ0n) is 8.00. The molecule has 1 amide bonds. The molecule has 0 bridgehead atoms. The van der Waals surface area contributed by atoms with Crippen molar-refractivity contribution < 1.29 is 4.79 Å². The first-order valence-corrected chi connectivity index (χ1v) is 7.25. The van der Waals surface area contributed by atoms with Crippen LogP contribution in [0.15, 0.2) is 11.4 Å². The molecule has 1 aliphatic rings. The van der Waals surface area contributed by atoms with Crippen LogP contribution in [0.3, 0.4) is 0 Å². The average Bonchev–Trinajstić information content (AvgIpc) is 2.77. The summed E-state index contributed by atoms with van der Waals surface area (Å²) in [7, 11) is 0. The first-order valence-electron chi connectivity index (χ1n) is 4.86. The summed E-state index contributed by atoms with van der Waals surface area (Å²) >= 11 is 9.90. The Kier molecular flexibility index (Phi) is 3.90. The largest absolute Gasteiger partial charge is 0.348 e. The Morgan fingerprint density at radius 3 is 2.93 bits per heavy atom. The number of hydrogen-bond donors (Lipinski definition) is 1. The van der Waals surface area contributed by atoms with Crippen LogP contribution in [0, 0.1) is 2.88 Å². The summed E-state index contributed by atoms with van der Waals surface area (Å²) in [4.78, 5) is 11.8. The molecule has 2 atom stereocenters. The Morgan fingerprint density at radius 2 is 2.40 bits per heavy atom. The summed E-state index contributed by atoms with van der Waals surface area (Å²) in [5.41, 5.74) is 0.750. The fourth-order valence-electron chi connectivity index (χ4n) is 1.76. The predicted molar refractivity (Wildman–Crippen MR) is 71.8 cm³/mol. The molecule has 82 valence electrons. The average molecular weight is 356 g/mol. The Bertz CT molecular complexity index is 368. The fraction of sp³-hybridized carbons (Fsp3) is 0.500. The van der Waals surface area contributed by atoms with Crippen molar-refractivity contribution in [1.82, 2.24) is 5.32 Å². The molecule has 2 nitrogen and oxygen atoms in total. The Morgan fingerprint density at radius 1 is 1.60 bits per heavy atom. The standard InChI is InChI=1S/C10H11ClINOS/c11-7-2-1-3-8(7)13-10(14)6-4-9(12)15-5-6/h4-5,7-8H,1-3H2,(H,13,14). The third kappa shape index (κ3) is 2.85. The predicted octanol–water partition coefficient (Wildman–Crippen LogP) is 3.24. The van der Waals surface area contributed by atoms with Gasteiger partial charge in [-0.1, -0.05) is 0 Å². The van der Waals surface area contributed by atoms with Crippen LogP contribution >= 0.6 is 45.5 Å². The van der Waals surface area contributed by atoms with Crippen LogP contribution in [0.4, 0.5) is 0 Å². The lowest BCUT2D eigenvalue weighted by atomic mass is 10.2. The van der Waals surface area contributed by atoms with E-state index in [0.29, 0.717) is 0 Å². The number of carbonyl (C=O) groups excluding carboxylic acids is 1. The van der Waals surface area contributed by atoms with Crippen molar-refractivity contribution >= 4 is 51.4 Å². The molecule has 0 radical (unpaired) electrons. The van der Waals surface area contributed by atoms with Crippen molar-refractivity contribution in [3.8, 4) is 0 Å². The van der Waals surface area contributed by atoms with Gasteiger partial charge in [0, 0.05) is 11.4 Å².